The molecule has 0 aliphatic heterocycles. The minimum Gasteiger partial charge on any atom is -0.385 e. The first kappa shape index (κ1) is 18.0. The molecule has 1 aromatic carbocycles. The Morgan fingerprint density at radius 2 is 2.00 bits per heavy atom. The predicted molar refractivity (Wildman–Crippen MR) is 86.5 cm³/mol. The van der Waals surface area contributed by atoms with Gasteiger partial charge in [0.05, 0.1) is 0 Å². The van der Waals surface area contributed by atoms with E-state index in [2.05, 4.69) is 5.32 Å². The van der Waals surface area contributed by atoms with Gasteiger partial charge in [-0.15, -0.1) is 12.4 Å². The molecular weight excluding hydrogens is 288 g/mol. The first-order valence-electron chi connectivity index (χ1n) is 7.15. The van der Waals surface area contributed by atoms with Crippen LogP contribution in [0, 0.1) is 12.3 Å². The molecule has 0 radical (unpaired) electrons. The number of hydrogen-bond donors (Lipinski definition) is 2. The van der Waals surface area contributed by atoms with E-state index in [1.807, 2.05) is 31.2 Å². The maximum Gasteiger partial charge on any atom is 0.241 e. The molecule has 1 unspecified atom stereocenters. The Hall–Kier alpha value is -1.10. The topological polar surface area (TPSA) is 64.3 Å². The van der Waals surface area contributed by atoms with Gasteiger partial charge < -0.3 is 15.8 Å². The largest absolute Gasteiger partial charge is 0.385 e. The number of halogens is 1. The number of ether oxygens (including phenoxy) is 1. The molecule has 0 spiro atoms. The van der Waals surface area contributed by atoms with E-state index in [1.165, 1.54) is 0 Å². The molecule has 5 heteroatoms. The lowest BCUT2D eigenvalue weighted by Crippen LogP contribution is -2.37. The minimum absolute atomic E-state index is 0. The van der Waals surface area contributed by atoms with Crippen LogP contribution >= 0.6 is 12.4 Å². The maximum absolute atomic E-state index is 12.1. The van der Waals surface area contributed by atoms with Gasteiger partial charge in [0.15, 0.2) is 0 Å². The Balaban J connectivity index is 0.00000220. The summed E-state index contributed by atoms with van der Waals surface area (Å²) in [5, 5.41) is 2.99. The summed E-state index contributed by atoms with van der Waals surface area (Å²) in [5.74, 6) is -0.0995. The maximum atomic E-state index is 12.1. The highest BCUT2D eigenvalue weighted by Gasteiger charge is 2.42. The van der Waals surface area contributed by atoms with Crippen molar-refractivity contribution in [2.45, 2.75) is 32.2 Å². The lowest BCUT2D eigenvalue weighted by Gasteiger charge is -2.18. The molecule has 1 saturated carbocycles. The zero-order valence-corrected chi connectivity index (χ0v) is 13.5. The Morgan fingerprint density at radius 1 is 1.38 bits per heavy atom. The Morgan fingerprint density at radius 3 is 2.52 bits per heavy atom. The zero-order chi connectivity index (χ0) is 14.6. The summed E-state index contributed by atoms with van der Waals surface area (Å²) in [4.78, 5) is 12.1. The standard InChI is InChI=1S/C16H24N2O2.ClH/c1-12-3-5-13(6-4-12)14(17)15(19)18-11-16(7-8-16)9-10-20-2;/h3-6,14H,7-11,17H2,1-2H3,(H,18,19);1H. The number of hydrogen-bond acceptors (Lipinski definition) is 3. The molecular formula is C16H25ClN2O2. The van der Waals surface area contributed by atoms with Crippen molar-refractivity contribution in [1.29, 1.82) is 0 Å². The van der Waals surface area contributed by atoms with Crippen LogP contribution < -0.4 is 11.1 Å². The van der Waals surface area contributed by atoms with Crippen LogP contribution in [-0.2, 0) is 9.53 Å². The summed E-state index contributed by atoms with van der Waals surface area (Å²) in [5.41, 5.74) is 8.27. The molecule has 0 saturated heterocycles. The number of benzene rings is 1. The molecule has 3 N–H and O–H groups in total. The summed E-state index contributed by atoms with van der Waals surface area (Å²) >= 11 is 0. The van der Waals surface area contributed by atoms with Crippen molar-refractivity contribution < 1.29 is 9.53 Å². The highest BCUT2D eigenvalue weighted by atomic mass is 35.5. The summed E-state index contributed by atoms with van der Waals surface area (Å²) in [6, 6.07) is 7.19. The number of nitrogens with one attached hydrogen (secondary N) is 1. The van der Waals surface area contributed by atoms with Crippen LogP contribution in [0.3, 0.4) is 0 Å². The lowest BCUT2D eigenvalue weighted by atomic mass is 10.0. The molecule has 0 bridgehead atoms. The molecule has 118 valence electrons. The van der Waals surface area contributed by atoms with Gasteiger partial charge in [-0.05, 0) is 37.2 Å². The van der Waals surface area contributed by atoms with Crippen LogP contribution in [-0.4, -0.2) is 26.2 Å². The molecule has 1 fully saturated rings. The average molecular weight is 313 g/mol. The van der Waals surface area contributed by atoms with Crippen LogP contribution in [0.15, 0.2) is 24.3 Å². The van der Waals surface area contributed by atoms with Gasteiger partial charge in [-0.3, -0.25) is 4.79 Å². The summed E-state index contributed by atoms with van der Waals surface area (Å²) in [6.45, 7) is 3.47. The molecule has 1 aliphatic rings. The van der Waals surface area contributed by atoms with Crippen molar-refractivity contribution in [2.24, 2.45) is 11.1 Å². The average Bonchev–Trinajstić information content (AvgIpc) is 3.23. The highest BCUT2D eigenvalue weighted by molar-refractivity contribution is 5.85. The summed E-state index contributed by atoms with van der Waals surface area (Å²) < 4.78 is 5.12. The summed E-state index contributed by atoms with van der Waals surface area (Å²) in [6.07, 6.45) is 3.33. The lowest BCUT2D eigenvalue weighted by molar-refractivity contribution is -0.122. The first-order valence-corrected chi connectivity index (χ1v) is 7.15. The van der Waals surface area contributed by atoms with E-state index in [1.54, 1.807) is 7.11 Å². The van der Waals surface area contributed by atoms with E-state index < -0.39 is 6.04 Å². The molecule has 0 aromatic heterocycles. The van der Waals surface area contributed by atoms with Gasteiger partial charge in [-0.25, -0.2) is 0 Å². The molecule has 1 amide bonds. The molecule has 0 heterocycles. The van der Waals surface area contributed by atoms with E-state index in [9.17, 15) is 4.79 Å². The van der Waals surface area contributed by atoms with Gasteiger partial charge in [0.1, 0.15) is 6.04 Å². The van der Waals surface area contributed by atoms with Gasteiger partial charge in [-0.2, -0.15) is 0 Å². The number of rotatable bonds is 7. The van der Waals surface area contributed by atoms with Crippen molar-refractivity contribution in [1.82, 2.24) is 5.32 Å². The van der Waals surface area contributed by atoms with E-state index in [0.717, 1.165) is 37.0 Å². The number of nitrogens with two attached hydrogens (primary N) is 1. The second-order valence-corrected chi connectivity index (χ2v) is 5.85. The predicted octanol–water partition coefficient (Wildman–Crippen LogP) is 2.35. The van der Waals surface area contributed by atoms with Crippen LogP contribution in [0.5, 0.6) is 0 Å². The minimum atomic E-state index is -0.589. The number of aryl methyl sites for hydroxylation is 1. The van der Waals surface area contributed by atoms with E-state index in [-0.39, 0.29) is 23.7 Å². The number of methoxy groups -OCH3 is 1. The quantitative estimate of drug-likeness (QED) is 0.812. The SMILES string of the molecule is COCCC1(CNC(=O)C(N)c2ccc(C)cc2)CC1.Cl. The third-order valence-corrected chi connectivity index (χ3v) is 4.15. The highest BCUT2D eigenvalue weighted by Crippen LogP contribution is 2.48. The fraction of sp³-hybridized carbons (Fsp3) is 0.562. The Labute approximate surface area is 132 Å². The van der Waals surface area contributed by atoms with Crippen molar-refractivity contribution in [3.05, 3.63) is 35.4 Å². The fourth-order valence-corrected chi connectivity index (χ4v) is 2.32. The zero-order valence-electron chi connectivity index (χ0n) is 12.7. The molecule has 1 aromatic rings. The molecule has 4 nitrogen and oxygen atoms in total. The van der Waals surface area contributed by atoms with E-state index in [4.69, 9.17) is 10.5 Å². The number of carbonyl (C=O) groups excluding carboxylic acids is 1. The molecule has 2 rings (SSSR count). The van der Waals surface area contributed by atoms with Gasteiger partial charge in [0.25, 0.3) is 0 Å². The van der Waals surface area contributed by atoms with Gasteiger partial charge in [0.2, 0.25) is 5.91 Å². The van der Waals surface area contributed by atoms with E-state index in [0.29, 0.717) is 6.54 Å². The van der Waals surface area contributed by atoms with Crippen LogP contribution in [0.4, 0.5) is 0 Å². The Kier molecular flexibility index (Phi) is 6.65. The third-order valence-electron chi connectivity index (χ3n) is 4.15. The number of amides is 1. The molecule has 1 aliphatic carbocycles. The second-order valence-electron chi connectivity index (χ2n) is 5.85. The van der Waals surface area contributed by atoms with Gasteiger partial charge >= 0.3 is 0 Å². The second kappa shape index (κ2) is 7.78. The summed E-state index contributed by atoms with van der Waals surface area (Å²) in [7, 11) is 1.71. The fourth-order valence-electron chi connectivity index (χ4n) is 2.32. The Bertz CT molecular complexity index is 458. The first-order chi connectivity index (χ1) is 9.56. The van der Waals surface area contributed by atoms with Crippen molar-refractivity contribution >= 4 is 18.3 Å². The van der Waals surface area contributed by atoms with Crippen molar-refractivity contribution in [2.75, 3.05) is 20.3 Å². The van der Waals surface area contributed by atoms with E-state index >= 15 is 0 Å². The molecule has 21 heavy (non-hydrogen) atoms. The van der Waals surface area contributed by atoms with Crippen molar-refractivity contribution in [3.8, 4) is 0 Å². The van der Waals surface area contributed by atoms with Crippen LogP contribution in [0.2, 0.25) is 0 Å². The monoisotopic (exact) mass is 312 g/mol. The number of carbonyl (C=O) groups is 1. The third kappa shape index (κ3) is 4.99. The van der Waals surface area contributed by atoms with Crippen LogP contribution in [0.25, 0.3) is 0 Å². The van der Waals surface area contributed by atoms with Gasteiger partial charge in [-0.1, -0.05) is 29.8 Å². The smallest absolute Gasteiger partial charge is 0.241 e. The van der Waals surface area contributed by atoms with Gasteiger partial charge in [0, 0.05) is 20.3 Å². The molecule has 1 atom stereocenters. The van der Waals surface area contributed by atoms with Crippen LogP contribution in [0.1, 0.15) is 36.4 Å². The normalized spacial score (nSPS) is 16.7. The van der Waals surface area contributed by atoms with Crippen molar-refractivity contribution in [3.63, 3.8) is 0 Å².